The normalized spacial score (nSPS) is 10.6. The third-order valence-electron chi connectivity index (χ3n) is 2.00. The minimum atomic E-state index is 0.636. The summed E-state index contributed by atoms with van der Waals surface area (Å²) in [6.45, 7) is 2.00. The van der Waals surface area contributed by atoms with Crippen LogP contribution < -0.4 is 0 Å². The largest absolute Gasteiger partial charge is 0.416 e. The van der Waals surface area contributed by atoms with Gasteiger partial charge in [-0.2, -0.15) is 0 Å². The Morgan fingerprint density at radius 3 is 2.94 bits per heavy atom. The summed E-state index contributed by atoms with van der Waals surface area (Å²) in [6, 6.07) is 8.19. The first-order valence-corrected chi connectivity index (χ1v) is 6.75. The molecule has 84 valence electrons. The molecule has 0 saturated heterocycles. The topological polar surface area (TPSA) is 38.9 Å². The Kier molecular flexibility index (Phi) is 4.01. The fraction of sp³-hybridized carbons (Fsp3) is 0.273. The molecule has 1 heterocycles. The van der Waals surface area contributed by atoms with Gasteiger partial charge in [0.2, 0.25) is 5.89 Å². The van der Waals surface area contributed by atoms with Crippen LogP contribution in [0.1, 0.15) is 18.4 Å². The molecular weight excluding hydrogens is 288 g/mol. The van der Waals surface area contributed by atoms with E-state index in [0.717, 1.165) is 16.6 Å². The molecule has 2 rings (SSSR count). The Balaban J connectivity index is 1.96. The summed E-state index contributed by atoms with van der Waals surface area (Å²) in [5, 5.41) is 8.51. The highest BCUT2D eigenvalue weighted by Gasteiger charge is 2.05. The molecule has 0 atom stereocenters. The van der Waals surface area contributed by atoms with E-state index in [1.165, 1.54) is 5.56 Å². The van der Waals surface area contributed by atoms with Gasteiger partial charge in [-0.25, -0.2) is 0 Å². The average Bonchev–Trinajstić information content (AvgIpc) is 2.74. The molecule has 0 spiro atoms. The van der Waals surface area contributed by atoms with Crippen molar-refractivity contribution in [1.29, 1.82) is 0 Å². The van der Waals surface area contributed by atoms with E-state index in [0.29, 0.717) is 11.1 Å². The van der Waals surface area contributed by atoms with Gasteiger partial charge in [-0.3, -0.25) is 0 Å². The highest BCUT2D eigenvalue weighted by atomic mass is 79.9. The Hall–Kier alpha value is -0.810. The lowest BCUT2D eigenvalue weighted by Crippen LogP contribution is -1.80. The van der Waals surface area contributed by atoms with Gasteiger partial charge in [-0.15, -0.1) is 10.2 Å². The van der Waals surface area contributed by atoms with Crippen LogP contribution in [0.2, 0.25) is 0 Å². The van der Waals surface area contributed by atoms with E-state index >= 15 is 0 Å². The Morgan fingerprint density at radius 2 is 2.25 bits per heavy atom. The first kappa shape index (κ1) is 11.7. The molecule has 0 amide bonds. The van der Waals surface area contributed by atoms with Crippen LogP contribution in [0.15, 0.2) is 38.4 Å². The molecule has 3 nitrogen and oxygen atoms in total. The Labute approximate surface area is 107 Å². The number of benzene rings is 1. The van der Waals surface area contributed by atoms with E-state index in [-0.39, 0.29) is 0 Å². The molecule has 0 saturated carbocycles. The maximum atomic E-state index is 5.41. The predicted octanol–water partition coefficient (Wildman–Crippen LogP) is 3.69. The number of thioether (sulfide) groups is 1. The standard InChI is InChI=1S/C11H11BrN2OS/c1-2-10-13-14-11(15-10)16-7-8-4-3-5-9(12)6-8/h3-6H,2,7H2,1H3. The van der Waals surface area contributed by atoms with Gasteiger partial charge in [0.15, 0.2) is 0 Å². The minimum absolute atomic E-state index is 0.636. The zero-order chi connectivity index (χ0) is 11.4. The van der Waals surface area contributed by atoms with Crippen molar-refractivity contribution in [1.82, 2.24) is 10.2 Å². The van der Waals surface area contributed by atoms with E-state index in [9.17, 15) is 0 Å². The molecule has 0 bridgehead atoms. The zero-order valence-electron chi connectivity index (χ0n) is 8.81. The van der Waals surface area contributed by atoms with E-state index in [1.807, 2.05) is 19.1 Å². The highest BCUT2D eigenvalue weighted by molar-refractivity contribution is 9.10. The molecule has 2 aromatic rings. The third kappa shape index (κ3) is 3.09. The van der Waals surface area contributed by atoms with Crippen LogP contribution in [-0.2, 0) is 12.2 Å². The summed E-state index contributed by atoms with van der Waals surface area (Å²) in [7, 11) is 0. The lowest BCUT2D eigenvalue weighted by atomic mass is 10.2. The summed E-state index contributed by atoms with van der Waals surface area (Å²) in [5.74, 6) is 1.53. The van der Waals surface area contributed by atoms with E-state index in [4.69, 9.17) is 4.42 Å². The van der Waals surface area contributed by atoms with Crippen molar-refractivity contribution < 1.29 is 4.42 Å². The highest BCUT2D eigenvalue weighted by Crippen LogP contribution is 2.23. The van der Waals surface area contributed by atoms with Crippen molar-refractivity contribution in [2.45, 2.75) is 24.3 Å². The van der Waals surface area contributed by atoms with Crippen molar-refractivity contribution in [3.05, 3.63) is 40.2 Å². The third-order valence-corrected chi connectivity index (χ3v) is 3.38. The first-order valence-electron chi connectivity index (χ1n) is 4.97. The van der Waals surface area contributed by atoms with Gasteiger partial charge >= 0.3 is 0 Å². The number of halogens is 1. The number of aromatic nitrogens is 2. The van der Waals surface area contributed by atoms with Gasteiger partial charge in [0.25, 0.3) is 5.22 Å². The van der Waals surface area contributed by atoms with Gasteiger partial charge in [-0.1, -0.05) is 46.7 Å². The van der Waals surface area contributed by atoms with Crippen molar-refractivity contribution >= 4 is 27.7 Å². The molecule has 0 N–H and O–H groups in total. The van der Waals surface area contributed by atoms with E-state index < -0.39 is 0 Å². The second-order valence-corrected chi connectivity index (χ2v) is 5.08. The fourth-order valence-electron chi connectivity index (χ4n) is 1.21. The lowest BCUT2D eigenvalue weighted by molar-refractivity contribution is 0.417. The summed E-state index contributed by atoms with van der Waals surface area (Å²) in [6.07, 6.45) is 0.782. The molecule has 16 heavy (non-hydrogen) atoms. The number of hydrogen-bond donors (Lipinski definition) is 0. The van der Waals surface area contributed by atoms with Gasteiger partial charge in [0.1, 0.15) is 0 Å². The lowest BCUT2D eigenvalue weighted by Gasteiger charge is -1.98. The molecular formula is C11H11BrN2OS. The van der Waals surface area contributed by atoms with Crippen LogP contribution in [-0.4, -0.2) is 10.2 Å². The molecule has 1 aromatic heterocycles. The minimum Gasteiger partial charge on any atom is -0.416 e. The van der Waals surface area contributed by atoms with Gasteiger partial charge in [0.05, 0.1) is 0 Å². The fourth-order valence-corrected chi connectivity index (χ4v) is 2.38. The molecule has 0 aliphatic carbocycles. The first-order chi connectivity index (χ1) is 7.78. The molecule has 0 aliphatic rings. The van der Waals surface area contributed by atoms with Crippen molar-refractivity contribution in [3.63, 3.8) is 0 Å². The quantitative estimate of drug-likeness (QED) is 0.807. The second kappa shape index (κ2) is 5.50. The maximum absolute atomic E-state index is 5.41. The number of hydrogen-bond acceptors (Lipinski definition) is 4. The predicted molar refractivity (Wildman–Crippen MR) is 67.4 cm³/mol. The van der Waals surface area contributed by atoms with Crippen LogP contribution >= 0.6 is 27.7 Å². The summed E-state index contributed by atoms with van der Waals surface area (Å²) < 4.78 is 6.50. The van der Waals surface area contributed by atoms with Crippen LogP contribution in [0.5, 0.6) is 0 Å². The summed E-state index contributed by atoms with van der Waals surface area (Å²) in [5.41, 5.74) is 1.23. The molecule has 0 fully saturated rings. The molecule has 0 unspecified atom stereocenters. The molecule has 1 aromatic carbocycles. The zero-order valence-corrected chi connectivity index (χ0v) is 11.2. The van der Waals surface area contributed by atoms with Crippen molar-refractivity contribution in [2.75, 3.05) is 0 Å². The smallest absolute Gasteiger partial charge is 0.276 e. The van der Waals surface area contributed by atoms with Crippen LogP contribution in [0, 0.1) is 0 Å². The van der Waals surface area contributed by atoms with Gasteiger partial charge in [0, 0.05) is 16.6 Å². The maximum Gasteiger partial charge on any atom is 0.276 e. The van der Waals surface area contributed by atoms with Crippen LogP contribution in [0.3, 0.4) is 0 Å². The van der Waals surface area contributed by atoms with Crippen LogP contribution in [0.4, 0.5) is 0 Å². The van der Waals surface area contributed by atoms with Crippen molar-refractivity contribution in [3.8, 4) is 0 Å². The Morgan fingerprint density at radius 1 is 1.38 bits per heavy atom. The molecule has 0 aliphatic heterocycles. The second-order valence-electron chi connectivity index (χ2n) is 3.23. The van der Waals surface area contributed by atoms with Crippen LogP contribution in [0.25, 0.3) is 0 Å². The number of aryl methyl sites for hydroxylation is 1. The van der Waals surface area contributed by atoms with E-state index in [1.54, 1.807) is 11.8 Å². The van der Waals surface area contributed by atoms with Gasteiger partial charge in [-0.05, 0) is 17.7 Å². The summed E-state index contributed by atoms with van der Waals surface area (Å²) in [4.78, 5) is 0. The summed E-state index contributed by atoms with van der Waals surface area (Å²) >= 11 is 5.00. The number of rotatable bonds is 4. The SMILES string of the molecule is CCc1nnc(SCc2cccc(Br)c2)o1. The van der Waals surface area contributed by atoms with Gasteiger partial charge < -0.3 is 4.42 Å². The average molecular weight is 299 g/mol. The molecule has 0 radical (unpaired) electrons. The Bertz CT molecular complexity index is 473. The number of nitrogens with zero attached hydrogens (tertiary/aromatic N) is 2. The van der Waals surface area contributed by atoms with E-state index in [2.05, 4.69) is 38.3 Å². The van der Waals surface area contributed by atoms with Crippen molar-refractivity contribution in [2.24, 2.45) is 0 Å². The monoisotopic (exact) mass is 298 g/mol. The molecule has 5 heteroatoms.